The molecular weight excluding hydrogens is 162 g/mol. The van der Waals surface area contributed by atoms with Crippen molar-refractivity contribution in [2.75, 3.05) is 0 Å². The molecule has 0 atom stereocenters. The molecular formula is C10H9N3. The number of nitriles is 1. The van der Waals surface area contributed by atoms with Gasteiger partial charge in [0.15, 0.2) is 0 Å². The highest BCUT2D eigenvalue weighted by Gasteiger charge is 1.94. The number of rotatable bonds is 1. The number of hydrogen-bond acceptors (Lipinski definition) is 2. The highest BCUT2D eigenvalue weighted by molar-refractivity contribution is 5.53. The van der Waals surface area contributed by atoms with Crippen LogP contribution in [0, 0.1) is 11.8 Å². The SMILES string of the molecule is C#N.c1ccc(-c2ncc[nH]2)cc1. The van der Waals surface area contributed by atoms with Crippen molar-refractivity contribution in [3.8, 4) is 18.0 Å². The summed E-state index contributed by atoms with van der Waals surface area (Å²) in [7, 11) is 0. The molecule has 0 bridgehead atoms. The molecule has 0 spiro atoms. The van der Waals surface area contributed by atoms with Crippen LogP contribution in [0.25, 0.3) is 11.4 Å². The van der Waals surface area contributed by atoms with Crippen molar-refractivity contribution < 1.29 is 0 Å². The molecule has 0 unspecified atom stereocenters. The van der Waals surface area contributed by atoms with Gasteiger partial charge >= 0.3 is 0 Å². The lowest BCUT2D eigenvalue weighted by atomic mass is 10.2. The summed E-state index contributed by atoms with van der Waals surface area (Å²) in [6, 6.07) is 10.0. The molecule has 0 saturated heterocycles. The van der Waals surface area contributed by atoms with Crippen LogP contribution in [-0.2, 0) is 0 Å². The summed E-state index contributed by atoms with van der Waals surface area (Å²) >= 11 is 0. The van der Waals surface area contributed by atoms with Gasteiger partial charge in [0.2, 0.25) is 0 Å². The van der Waals surface area contributed by atoms with Crippen LogP contribution in [0.3, 0.4) is 0 Å². The number of nitrogens with zero attached hydrogens (tertiary/aromatic N) is 2. The van der Waals surface area contributed by atoms with Gasteiger partial charge in [-0.25, -0.2) is 10.2 Å². The van der Waals surface area contributed by atoms with Crippen LogP contribution in [0.4, 0.5) is 0 Å². The van der Waals surface area contributed by atoms with Crippen molar-refractivity contribution >= 4 is 0 Å². The monoisotopic (exact) mass is 171 g/mol. The molecule has 64 valence electrons. The minimum absolute atomic E-state index is 0.922. The van der Waals surface area contributed by atoms with Crippen LogP contribution in [0.1, 0.15) is 0 Å². The number of imidazole rings is 1. The molecule has 3 heteroatoms. The smallest absolute Gasteiger partial charge is 0.137 e. The average molecular weight is 171 g/mol. The van der Waals surface area contributed by atoms with Crippen molar-refractivity contribution in [3.05, 3.63) is 42.7 Å². The van der Waals surface area contributed by atoms with Crippen LogP contribution < -0.4 is 0 Å². The first-order valence-corrected chi connectivity index (χ1v) is 3.77. The molecule has 0 aliphatic rings. The maximum atomic E-state index is 6.50. The predicted octanol–water partition coefficient (Wildman–Crippen LogP) is 2.22. The highest BCUT2D eigenvalue weighted by atomic mass is 14.9. The molecule has 1 aromatic heterocycles. The van der Waals surface area contributed by atoms with Crippen LogP contribution in [0.5, 0.6) is 0 Å². The van der Waals surface area contributed by atoms with E-state index in [1.165, 1.54) is 0 Å². The summed E-state index contributed by atoms with van der Waals surface area (Å²) in [4.78, 5) is 7.17. The van der Waals surface area contributed by atoms with Crippen molar-refractivity contribution in [2.24, 2.45) is 0 Å². The van der Waals surface area contributed by atoms with Gasteiger partial charge < -0.3 is 4.98 Å². The largest absolute Gasteiger partial charge is 0.345 e. The second-order valence-electron chi connectivity index (χ2n) is 2.30. The third-order valence-corrected chi connectivity index (χ3v) is 1.55. The average Bonchev–Trinajstić information content (AvgIpc) is 2.75. The van der Waals surface area contributed by atoms with E-state index in [-0.39, 0.29) is 0 Å². The van der Waals surface area contributed by atoms with Gasteiger partial charge in [0.05, 0.1) is 0 Å². The number of benzene rings is 1. The second-order valence-corrected chi connectivity index (χ2v) is 2.30. The van der Waals surface area contributed by atoms with Crippen molar-refractivity contribution in [1.82, 2.24) is 9.97 Å². The Hall–Kier alpha value is -2.08. The zero-order valence-electron chi connectivity index (χ0n) is 7.01. The number of hydrogen-bond donors (Lipinski definition) is 1. The first-order valence-electron chi connectivity index (χ1n) is 3.77. The molecule has 0 aliphatic heterocycles. The third-order valence-electron chi connectivity index (χ3n) is 1.55. The first-order chi connectivity index (χ1) is 6.47. The Morgan fingerprint density at radius 3 is 2.38 bits per heavy atom. The van der Waals surface area contributed by atoms with E-state index in [0.29, 0.717) is 0 Å². The molecule has 13 heavy (non-hydrogen) atoms. The lowest BCUT2D eigenvalue weighted by Crippen LogP contribution is -1.77. The molecule has 0 aliphatic carbocycles. The van der Waals surface area contributed by atoms with Gasteiger partial charge in [0.1, 0.15) is 5.82 Å². The van der Waals surface area contributed by atoms with E-state index in [1.807, 2.05) is 36.5 Å². The molecule has 2 aromatic rings. The molecule has 2 rings (SSSR count). The number of aromatic nitrogens is 2. The van der Waals surface area contributed by atoms with Crippen LogP contribution in [-0.4, -0.2) is 9.97 Å². The fourth-order valence-electron chi connectivity index (χ4n) is 1.02. The summed E-state index contributed by atoms with van der Waals surface area (Å²) in [5.41, 5.74) is 1.12. The molecule has 1 heterocycles. The van der Waals surface area contributed by atoms with Gasteiger partial charge in [0.25, 0.3) is 0 Å². The fraction of sp³-hybridized carbons (Fsp3) is 0. The van der Waals surface area contributed by atoms with E-state index in [1.54, 1.807) is 6.20 Å². The first kappa shape index (κ1) is 9.01. The maximum absolute atomic E-state index is 6.50. The van der Waals surface area contributed by atoms with E-state index in [4.69, 9.17) is 5.26 Å². The van der Waals surface area contributed by atoms with Gasteiger partial charge in [-0.05, 0) is 0 Å². The summed E-state index contributed by atoms with van der Waals surface area (Å²) in [6.07, 6.45) is 3.57. The van der Waals surface area contributed by atoms with E-state index in [9.17, 15) is 0 Å². The molecule has 0 amide bonds. The standard InChI is InChI=1S/C9H8N2.CHN/c1-2-4-8(5-3-1)9-10-6-7-11-9;1-2/h1-7H,(H,10,11);1H. The molecule has 3 nitrogen and oxygen atoms in total. The van der Waals surface area contributed by atoms with Gasteiger partial charge in [0, 0.05) is 24.5 Å². The predicted molar refractivity (Wildman–Crippen MR) is 50.7 cm³/mol. The van der Waals surface area contributed by atoms with Gasteiger partial charge in [-0.3, -0.25) is 0 Å². The Balaban J connectivity index is 0.000000396. The minimum Gasteiger partial charge on any atom is -0.345 e. The number of nitrogens with one attached hydrogen (secondary N) is 1. The maximum Gasteiger partial charge on any atom is 0.137 e. The highest BCUT2D eigenvalue weighted by Crippen LogP contribution is 2.11. The molecule has 0 radical (unpaired) electrons. The zero-order valence-corrected chi connectivity index (χ0v) is 7.01. The van der Waals surface area contributed by atoms with Crippen LogP contribution in [0.15, 0.2) is 42.7 Å². The molecule has 1 N–H and O–H groups in total. The zero-order chi connectivity index (χ0) is 9.52. The van der Waals surface area contributed by atoms with E-state index >= 15 is 0 Å². The molecule has 1 aromatic carbocycles. The topological polar surface area (TPSA) is 52.5 Å². The Bertz CT molecular complexity index is 348. The number of H-pyrrole nitrogens is 1. The van der Waals surface area contributed by atoms with Crippen molar-refractivity contribution in [2.45, 2.75) is 0 Å². The quantitative estimate of drug-likeness (QED) is 0.715. The number of aromatic amines is 1. The Morgan fingerprint density at radius 1 is 1.15 bits per heavy atom. The van der Waals surface area contributed by atoms with Crippen molar-refractivity contribution in [1.29, 1.82) is 5.26 Å². The Morgan fingerprint density at radius 2 is 1.85 bits per heavy atom. The minimum atomic E-state index is 0.922. The van der Waals surface area contributed by atoms with Gasteiger partial charge in [-0.1, -0.05) is 30.3 Å². The molecule has 0 fully saturated rings. The normalized spacial score (nSPS) is 8.46. The molecule has 0 saturated carbocycles. The van der Waals surface area contributed by atoms with Crippen LogP contribution >= 0.6 is 0 Å². The van der Waals surface area contributed by atoms with E-state index in [0.717, 1.165) is 11.4 Å². The lowest BCUT2D eigenvalue weighted by molar-refractivity contribution is 1.31. The Kier molecular flexibility index (Phi) is 3.28. The van der Waals surface area contributed by atoms with Gasteiger partial charge in [-0.2, -0.15) is 0 Å². The summed E-state index contributed by atoms with van der Waals surface area (Å²) in [5.74, 6) is 0.922. The van der Waals surface area contributed by atoms with Crippen LogP contribution in [0.2, 0.25) is 0 Å². The van der Waals surface area contributed by atoms with E-state index < -0.39 is 0 Å². The summed E-state index contributed by atoms with van der Waals surface area (Å²) in [6.45, 7) is 3.50. The fourth-order valence-corrected chi connectivity index (χ4v) is 1.02. The second kappa shape index (κ2) is 4.73. The van der Waals surface area contributed by atoms with Crippen molar-refractivity contribution in [3.63, 3.8) is 0 Å². The summed E-state index contributed by atoms with van der Waals surface area (Å²) < 4.78 is 0. The van der Waals surface area contributed by atoms with Gasteiger partial charge in [-0.15, -0.1) is 0 Å². The lowest BCUT2D eigenvalue weighted by Gasteiger charge is -1.92. The Labute approximate surface area is 76.7 Å². The summed E-state index contributed by atoms with van der Waals surface area (Å²) in [5, 5.41) is 6.50. The van der Waals surface area contributed by atoms with E-state index in [2.05, 4.69) is 16.5 Å². The third kappa shape index (κ3) is 2.17.